The van der Waals surface area contributed by atoms with Gasteiger partial charge in [-0.25, -0.2) is 13.4 Å². The summed E-state index contributed by atoms with van der Waals surface area (Å²) in [6.07, 6.45) is 0. The van der Waals surface area contributed by atoms with Crippen molar-refractivity contribution in [2.24, 2.45) is 5.73 Å². The predicted molar refractivity (Wildman–Crippen MR) is 76.8 cm³/mol. The lowest BCUT2D eigenvalue weighted by Gasteiger charge is -2.16. The molecule has 0 spiro atoms. The molecular weight excluding hydrogens is 298 g/mol. The zero-order valence-electron chi connectivity index (χ0n) is 11.6. The fourth-order valence-corrected chi connectivity index (χ4v) is 4.18. The molecule has 0 aliphatic carbocycles. The van der Waals surface area contributed by atoms with Gasteiger partial charge in [-0.05, 0) is 13.8 Å². The minimum absolute atomic E-state index is 0.127. The lowest BCUT2D eigenvalue weighted by Crippen LogP contribution is -2.28. The standard InChI is InChI=1S/C12H17N3O3S2/c1-8-11(4-13)12(9(2)18-8)20(16,17)15(3)5-10-6-19-7-14-10/h6-7H,4-5,13H2,1-3H3. The molecule has 0 unspecified atom stereocenters. The number of nitrogens with zero attached hydrogens (tertiary/aromatic N) is 2. The number of aromatic nitrogens is 1. The van der Waals surface area contributed by atoms with Gasteiger partial charge in [0.15, 0.2) is 0 Å². The van der Waals surface area contributed by atoms with Gasteiger partial charge < -0.3 is 10.2 Å². The minimum Gasteiger partial charge on any atom is -0.465 e. The maximum atomic E-state index is 12.7. The number of thiazole rings is 1. The van der Waals surface area contributed by atoms with E-state index in [9.17, 15) is 8.42 Å². The molecular formula is C12H17N3O3S2. The molecule has 0 aliphatic rings. The second-order valence-electron chi connectivity index (χ2n) is 4.47. The van der Waals surface area contributed by atoms with Crippen molar-refractivity contribution in [3.8, 4) is 0 Å². The number of hydrogen-bond donors (Lipinski definition) is 1. The van der Waals surface area contributed by atoms with Crippen molar-refractivity contribution < 1.29 is 12.8 Å². The third kappa shape index (κ3) is 2.64. The van der Waals surface area contributed by atoms with Crippen molar-refractivity contribution in [2.45, 2.75) is 31.8 Å². The molecule has 8 heteroatoms. The van der Waals surface area contributed by atoms with E-state index in [0.717, 1.165) is 0 Å². The third-order valence-corrected chi connectivity index (χ3v) is 5.70. The van der Waals surface area contributed by atoms with Crippen molar-refractivity contribution in [1.82, 2.24) is 9.29 Å². The van der Waals surface area contributed by atoms with Gasteiger partial charge in [0.2, 0.25) is 10.0 Å². The number of furan rings is 1. The lowest BCUT2D eigenvalue weighted by molar-refractivity contribution is 0.456. The van der Waals surface area contributed by atoms with E-state index in [1.165, 1.54) is 22.7 Å². The van der Waals surface area contributed by atoms with Gasteiger partial charge in [-0.2, -0.15) is 4.31 Å². The Kier molecular flexibility index (Phi) is 4.28. The zero-order chi connectivity index (χ0) is 14.9. The Balaban J connectivity index is 2.40. The lowest BCUT2D eigenvalue weighted by atomic mass is 10.2. The molecule has 2 rings (SSSR count). The number of hydrogen-bond acceptors (Lipinski definition) is 6. The Morgan fingerprint density at radius 2 is 2.10 bits per heavy atom. The summed E-state index contributed by atoms with van der Waals surface area (Å²) in [5.41, 5.74) is 8.57. The highest BCUT2D eigenvalue weighted by Crippen LogP contribution is 2.29. The summed E-state index contributed by atoms with van der Waals surface area (Å²) in [6.45, 7) is 3.70. The van der Waals surface area contributed by atoms with Gasteiger partial charge in [0.25, 0.3) is 0 Å². The van der Waals surface area contributed by atoms with E-state index in [4.69, 9.17) is 10.2 Å². The Bertz CT molecular complexity index is 690. The summed E-state index contributed by atoms with van der Waals surface area (Å²) < 4.78 is 32.0. The second kappa shape index (κ2) is 5.65. The van der Waals surface area contributed by atoms with Gasteiger partial charge in [0, 0.05) is 24.5 Å². The minimum atomic E-state index is -3.64. The van der Waals surface area contributed by atoms with Crippen LogP contribution in [-0.2, 0) is 23.1 Å². The number of sulfonamides is 1. The van der Waals surface area contributed by atoms with Crippen LogP contribution in [0.5, 0.6) is 0 Å². The van der Waals surface area contributed by atoms with Crippen LogP contribution in [0.15, 0.2) is 20.2 Å². The third-order valence-electron chi connectivity index (χ3n) is 3.07. The van der Waals surface area contributed by atoms with Crippen LogP contribution in [0.2, 0.25) is 0 Å². The van der Waals surface area contributed by atoms with Crippen LogP contribution in [0, 0.1) is 13.8 Å². The van der Waals surface area contributed by atoms with Crippen LogP contribution in [0.25, 0.3) is 0 Å². The Morgan fingerprint density at radius 1 is 1.40 bits per heavy atom. The van der Waals surface area contributed by atoms with E-state index < -0.39 is 10.0 Å². The molecule has 0 fully saturated rings. The molecule has 0 aromatic carbocycles. The summed E-state index contributed by atoms with van der Waals surface area (Å²) in [7, 11) is -2.12. The molecule has 2 aromatic rings. The van der Waals surface area contributed by atoms with Gasteiger partial charge >= 0.3 is 0 Å². The second-order valence-corrected chi connectivity index (χ2v) is 7.17. The van der Waals surface area contributed by atoms with Gasteiger partial charge in [-0.15, -0.1) is 11.3 Å². The maximum absolute atomic E-state index is 12.7. The Morgan fingerprint density at radius 3 is 2.65 bits per heavy atom. The van der Waals surface area contributed by atoms with E-state index >= 15 is 0 Å². The first kappa shape index (κ1) is 15.2. The van der Waals surface area contributed by atoms with Crippen LogP contribution in [0.4, 0.5) is 0 Å². The van der Waals surface area contributed by atoms with E-state index in [1.54, 1.807) is 19.4 Å². The first-order valence-corrected chi connectivity index (χ1v) is 8.38. The first-order chi connectivity index (χ1) is 9.37. The number of rotatable bonds is 5. The molecule has 110 valence electrons. The van der Waals surface area contributed by atoms with Crippen molar-refractivity contribution in [3.05, 3.63) is 33.7 Å². The zero-order valence-corrected chi connectivity index (χ0v) is 13.2. The topological polar surface area (TPSA) is 89.4 Å². The summed E-state index contributed by atoms with van der Waals surface area (Å²) in [5, 5.41) is 1.82. The predicted octanol–water partition coefficient (Wildman–Crippen LogP) is 1.63. The molecule has 2 heterocycles. The largest absolute Gasteiger partial charge is 0.465 e. The highest BCUT2D eigenvalue weighted by atomic mass is 32.2. The van der Waals surface area contributed by atoms with Crippen molar-refractivity contribution in [3.63, 3.8) is 0 Å². The van der Waals surface area contributed by atoms with E-state index in [1.807, 2.05) is 5.38 Å². The Hall–Kier alpha value is -1.22. The maximum Gasteiger partial charge on any atom is 0.246 e. The molecule has 0 atom stereocenters. The molecule has 0 saturated carbocycles. The molecule has 0 radical (unpaired) electrons. The Labute approximate surface area is 122 Å². The summed E-state index contributed by atoms with van der Waals surface area (Å²) in [6, 6.07) is 0. The molecule has 0 amide bonds. The highest BCUT2D eigenvalue weighted by Gasteiger charge is 2.30. The average Bonchev–Trinajstić information content (AvgIpc) is 2.96. The number of aryl methyl sites for hydroxylation is 2. The van der Waals surface area contributed by atoms with E-state index in [2.05, 4.69) is 4.98 Å². The van der Waals surface area contributed by atoms with Gasteiger partial charge in [-0.1, -0.05) is 0 Å². The average molecular weight is 315 g/mol. The fourth-order valence-electron chi connectivity index (χ4n) is 2.07. The molecule has 6 nitrogen and oxygen atoms in total. The molecule has 0 bridgehead atoms. The van der Waals surface area contributed by atoms with E-state index in [0.29, 0.717) is 22.8 Å². The number of nitrogens with two attached hydrogens (primary N) is 1. The van der Waals surface area contributed by atoms with Gasteiger partial charge in [-0.3, -0.25) is 0 Å². The highest BCUT2D eigenvalue weighted by molar-refractivity contribution is 7.89. The molecule has 20 heavy (non-hydrogen) atoms. The molecule has 2 N–H and O–H groups in total. The monoisotopic (exact) mass is 315 g/mol. The van der Waals surface area contributed by atoms with Gasteiger partial charge in [0.05, 0.1) is 17.7 Å². The van der Waals surface area contributed by atoms with Crippen LogP contribution in [0.1, 0.15) is 22.8 Å². The van der Waals surface area contributed by atoms with Crippen LogP contribution >= 0.6 is 11.3 Å². The first-order valence-electron chi connectivity index (χ1n) is 6.00. The normalized spacial score (nSPS) is 12.2. The van der Waals surface area contributed by atoms with Crippen LogP contribution in [-0.4, -0.2) is 24.8 Å². The smallest absolute Gasteiger partial charge is 0.246 e. The fraction of sp³-hybridized carbons (Fsp3) is 0.417. The van der Waals surface area contributed by atoms with Crippen molar-refractivity contribution >= 4 is 21.4 Å². The van der Waals surface area contributed by atoms with E-state index in [-0.39, 0.29) is 18.0 Å². The quantitative estimate of drug-likeness (QED) is 0.906. The summed E-state index contributed by atoms with van der Waals surface area (Å²) >= 11 is 1.43. The van der Waals surface area contributed by atoms with Gasteiger partial charge in [0.1, 0.15) is 16.4 Å². The summed E-state index contributed by atoms with van der Waals surface area (Å²) in [4.78, 5) is 4.27. The van der Waals surface area contributed by atoms with Crippen molar-refractivity contribution in [2.75, 3.05) is 7.05 Å². The van der Waals surface area contributed by atoms with Crippen molar-refractivity contribution in [1.29, 1.82) is 0 Å². The summed E-state index contributed by atoms with van der Waals surface area (Å²) in [5.74, 6) is 0.915. The van der Waals surface area contributed by atoms with Crippen LogP contribution in [0.3, 0.4) is 0 Å². The van der Waals surface area contributed by atoms with Crippen LogP contribution < -0.4 is 5.73 Å². The molecule has 2 aromatic heterocycles. The molecule has 0 aliphatic heterocycles. The SMILES string of the molecule is Cc1oc(C)c(S(=O)(=O)N(C)Cc2cscn2)c1CN. The molecule has 0 saturated heterocycles.